The van der Waals surface area contributed by atoms with Crippen molar-refractivity contribution < 1.29 is 8.78 Å². The van der Waals surface area contributed by atoms with Crippen LogP contribution >= 0.6 is 24.8 Å². The molecular formula is C15H24Cl2F2N2. The molecule has 21 heavy (non-hydrogen) atoms. The number of piperazine rings is 1. The van der Waals surface area contributed by atoms with Crippen molar-refractivity contribution in [3.63, 3.8) is 0 Å². The Bertz CT molecular complexity index is 413. The molecule has 0 bridgehead atoms. The lowest BCUT2D eigenvalue weighted by Crippen LogP contribution is -2.45. The van der Waals surface area contributed by atoms with Gasteiger partial charge in [-0.1, -0.05) is 31.9 Å². The zero-order chi connectivity index (χ0) is 13.7. The average Bonchev–Trinajstić information content (AvgIpc) is 2.45. The van der Waals surface area contributed by atoms with Gasteiger partial charge in [-0.2, -0.15) is 0 Å². The molecule has 0 radical (unpaired) electrons. The van der Waals surface area contributed by atoms with Crippen LogP contribution in [-0.2, 0) is 0 Å². The molecule has 122 valence electrons. The highest BCUT2D eigenvalue weighted by molar-refractivity contribution is 5.85. The van der Waals surface area contributed by atoms with Gasteiger partial charge >= 0.3 is 0 Å². The largest absolute Gasteiger partial charge is 0.314 e. The van der Waals surface area contributed by atoms with Gasteiger partial charge in [0, 0.05) is 37.8 Å². The van der Waals surface area contributed by atoms with Crippen LogP contribution < -0.4 is 5.32 Å². The number of hydrogen-bond donors (Lipinski definition) is 1. The smallest absolute Gasteiger partial charge is 0.163 e. The predicted octanol–water partition coefficient (Wildman–Crippen LogP) is 3.94. The van der Waals surface area contributed by atoms with Crippen molar-refractivity contribution in [3.8, 4) is 0 Å². The van der Waals surface area contributed by atoms with E-state index in [9.17, 15) is 8.78 Å². The van der Waals surface area contributed by atoms with E-state index in [0.717, 1.165) is 45.4 Å². The molecule has 6 heteroatoms. The van der Waals surface area contributed by atoms with Crippen LogP contribution in [0.25, 0.3) is 0 Å². The standard InChI is InChI=1S/C15H22F2N2.2ClH/c1-2-3-7-14(19-10-8-18-9-11-19)12-5-4-6-13(16)15(12)17;;/h4-6,14,18H,2-3,7-11H2,1H3;2*1H/t14-;;/m0../s1. The lowest BCUT2D eigenvalue weighted by molar-refractivity contribution is 0.159. The van der Waals surface area contributed by atoms with E-state index in [1.165, 1.54) is 6.07 Å². The molecule has 2 rings (SSSR count). The van der Waals surface area contributed by atoms with Gasteiger partial charge in [-0.25, -0.2) is 8.78 Å². The lowest BCUT2D eigenvalue weighted by Gasteiger charge is -2.35. The third-order valence-electron chi connectivity index (χ3n) is 3.76. The van der Waals surface area contributed by atoms with E-state index in [-0.39, 0.29) is 30.9 Å². The Hall–Kier alpha value is -0.420. The quantitative estimate of drug-likeness (QED) is 0.873. The summed E-state index contributed by atoms with van der Waals surface area (Å²) >= 11 is 0. The summed E-state index contributed by atoms with van der Waals surface area (Å²) in [6.07, 6.45) is 2.99. The van der Waals surface area contributed by atoms with Crippen molar-refractivity contribution >= 4 is 24.8 Å². The van der Waals surface area contributed by atoms with Crippen LogP contribution in [0.2, 0.25) is 0 Å². The zero-order valence-corrected chi connectivity index (χ0v) is 13.9. The summed E-state index contributed by atoms with van der Waals surface area (Å²) in [4.78, 5) is 2.27. The summed E-state index contributed by atoms with van der Waals surface area (Å²) in [5, 5.41) is 3.29. The third kappa shape index (κ3) is 5.37. The van der Waals surface area contributed by atoms with Crippen LogP contribution in [0.1, 0.15) is 37.8 Å². The molecule has 0 aromatic heterocycles. The highest BCUT2D eigenvalue weighted by Gasteiger charge is 2.25. The second-order valence-electron chi connectivity index (χ2n) is 5.09. The van der Waals surface area contributed by atoms with Crippen LogP contribution in [0.15, 0.2) is 18.2 Å². The second-order valence-corrected chi connectivity index (χ2v) is 5.09. The molecule has 0 aliphatic carbocycles. The Morgan fingerprint density at radius 3 is 2.48 bits per heavy atom. The number of unbranched alkanes of at least 4 members (excludes halogenated alkanes) is 1. The Labute approximate surface area is 138 Å². The van der Waals surface area contributed by atoms with E-state index >= 15 is 0 Å². The maximum Gasteiger partial charge on any atom is 0.163 e. The number of benzene rings is 1. The molecule has 0 spiro atoms. The number of hydrogen-bond acceptors (Lipinski definition) is 2. The van der Waals surface area contributed by atoms with Gasteiger partial charge in [-0.3, -0.25) is 4.90 Å². The Morgan fingerprint density at radius 2 is 1.86 bits per heavy atom. The monoisotopic (exact) mass is 340 g/mol. The van der Waals surface area contributed by atoms with Crippen molar-refractivity contribution in [3.05, 3.63) is 35.4 Å². The fourth-order valence-electron chi connectivity index (χ4n) is 2.70. The van der Waals surface area contributed by atoms with Gasteiger partial charge in [0.05, 0.1) is 0 Å². The third-order valence-corrected chi connectivity index (χ3v) is 3.76. The molecule has 0 saturated carbocycles. The lowest BCUT2D eigenvalue weighted by atomic mass is 9.98. The maximum absolute atomic E-state index is 14.0. The summed E-state index contributed by atoms with van der Waals surface area (Å²) < 4.78 is 27.4. The number of halogens is 4. The fourth-order valence-corrected chi connectivity index (χ4v) is 2.70. The van der Waals surface area contributed by atoms with E-state index in [2.05, 4.69) is 17.1 Å². The van der Waals surface area contributed by atoms with Crippen molar-refractivity contribution in [2.45, 2.75) is 32.2 Å². The van der Waals surface area contributed by atoms with Crippen LogP contribution in [-0.4, -0.2) is 31.1 Å². The first-order valence-corrected chi connectivity index (χ1v) is 7.12. The first kappa shape index (κ1) is 20.6. The van der Waals surface area contributed by atoms with Crippen molar-refractivity contribution in [2.75, 3.05) is 26.2 Å². The average molecular weight is 341 g/mol. The minimum atomic E-state index is -0.742. The van der Waals surface area contributed by atoms with Crippen molar-refractivity contribution in [1.29, 1.82) is 0 Å². The van der Waals surface area contributed by atoms with E-state index in [4.69, 9.17) is 0 Å². The van der Waals surface area contributed by atoms with Gasteiger partial charge in [-0.05, 0) is 12.5 Å². The summed E-state index contributed by atoms with van der Waals surface area (Å²) in [6.45, 7) is 5.74. The summed E-state index contributed by atoms with van der Waals surface area (Å²) in [5.41, 5.74) is 0.510. The van der Waals surface area contributed by atoms with E-state index in [1.54, 1.807) is 12.1 Å². The van der Waals surface area contributed by atoms with Crippen molar-refractivity contribution in [1.82, 2.24) is 10.2 Å². The molecule has 1 aromatic rings. The zero-order valence-electron chi connectivity index (χ0n) is 12.3. The molecule has 2 nitrogen and oxygen atoms in total. The molecular weight excluding hydrogens is 317 g/mol. The van der Waals surface area contributed by atoms with Gasteiger partial charge in [0.15, 0.2) is 11.6 Å². The van der Waals surface area contributed by atoms with Crippen LogP contribution in [0.3, 0.4) is 0 Å². The van der Waals surface area contributed by atoms with E-state index in [1.807, 2.05) is 0 Å². The first-order valence-electron chi connectivity index (χ1n) is 7.12. The van der Waals surface area contributed by atoms with E-state index in [0.29, 0.717) is 5.56 Å². The fraction of sp³-hybridized carbons (Fsp3) is 0.600. The van der Waals surface area contributed by atoms with Crippen molar-refractivity contribution in [2.24, 2.45) is 0 Å². The SMILES string of the molecule is CCCC[C@@H](c1cccc(F)c1F)N1CCNCC1.Cl.Cl. The van der Waals surface area contributed by atoms with Crippen LogP contribution in [0.4, 0.5) is 8.78 Å². The highest BCUT2D eigenvalue weighted by atomic mass is 35.5. The summed E-state index contributed by atoms with van der Waals surface area (Å²) in [7, 11) is 0. The summed E-state index contributed by atoms with van der Waals surface area (Å²) in [6, 6.07) is 4.51. The van der Waals surface area contributed by atoms with Gasteiger partial charge < -0.3 is 5.32 Å². The number of nitrogens with zero attached hydrogens (tertiary/aromatic N) is 1. The molecule has 1 aliphatic rings. The molecule has 1 saturated heterocycles. The Morgan fingerprint density at radius 1 is 1.19 bits per heavy atom. The van der Waals surface area contributed by atoms with E-state index < -0.39 is 11.6 Å². The van der Waals surface area contributed by atoms with Gasteiger partial charge in [0.25, 0.3) is 0 Å². The number of nitrogens with one attached hydrogen (secondary N) is 1. The molecule has 1 fully saturated rings. The topological polar surface area (TPSA) is 15.3 Å². The molecule has 0 unspecified atom stereocenters. The first-order chi connectivity index (χ1) is 9.24. The normalized spacial score (nSPS) is 16.7. The maximum atomic E-state index is 14.0. The second kappa shape index (κ2) is 10.3. The molecule has 1 N–H and O–H groups in total. The van der Waals surface area contributed by atoms with Gasteiger partial charge in [0.1, 0.15) is 0 Å². The summed E-state index contributed by atoms with van der Waals surface area (Å²) in [5.74, 6) is -1.42. The minimum Gasteiger partial charge on any atom is -0.314 e. The molecule has 1 aliphatic heterocycles. The molecule has 1 heterocycles. The van der Waals surface area contributed by atoms with Crippen LogP contribution in [0.5, 0.6) is 0 Å². The Balaban J connectivity index is 0.00000200. The van der Waals surface area contributed by atoms with Gasteiger partial charge in [0.2, 0.25) is 0 Å². The number of rotatable bonds is 5. The molecule has 1 atom stereocenters. The highest BCUT2D eigenvalue weighted by Crippen LogP contribution is 2.29. The predicted molar refractivity (Wildman–Crippen MR) is 87.6 cm³/mol. The Kier molecular flexibility index (Phi) is 10.1. The minimum absolute atomic E-state index is 0. The van der Waals surface area contributed by atoms with Gasteiger partial charge in [-0.15, -0.1) is 24.8 Å². The molecule has 0 amide bonds. The van der Waals surface area contributed by atoms with Crippen LogP contribution in [0, 0.1) is 11.6 Å². The molecule has 1 aromatic carbocycles.